The maximum atomic E-state index is 13.8. The Kier molecular flexibility index (Phi) is 2.71. The Balaban J connectivity index is 2.59. The lowest BCUT2D eigenvalue weighted by molar-refractivity contribution is -0.385. The van der Waals surface area contributed by atoms with E-state index in [-0.39, 0.29) is 16.9 Å². The summed E-state index contributed by atoms with van der Waals surface area (Å²) >= 11 is 0. The Morgan fingerprint density at radius 1 is 1.50 bits per heavy atom. The van der Waals surface area contributed by atoms with Gasteiger partial charge < -0.3 is 11.1 Å². The topological polar surface area (TPSA) is 120 Å². The van der Waals surface area contributed by atoms with Crippen LogP contribution in [0.5, 0.6) is 0 Å². The van der Waals surface area contributed by atoms with E-state index in [9.17, 15) is 14.5 Å². The smallest absolute Gasteiger partial charge is 0.270 e. The fourth-order valence-electron chi connectivity index (χ4n) is 1.59. The Morgan fingerprint density at radius 2 is 2.22 bits per heavy atom. The van der Waals surface area contributed by atoms with Crippen molar-refractivity contribution in [3.63, 3.8) is 0 Å². The zero-order valence-electron chi connectivity index (χ0n) is 9.13. The van der Waals surface area contributed by atoms with Crippen molar-refractivity contribution in [3.05, 3.63) is 51.6 Å². The molecule has 0 aliphatic carbocycles. The highest BCUT2D eigenvalue weighted by Crippen LogP contribution is 2.31. The van der Waals surface area contributed by atoms with Crippen LogP contribution in [0.3, 0.4) is 0 Å². The molecule has 7 nitrogen and oxygen atoms in total. The molecule has 0 saturated carbocycles. The number of nitrogens with one attached hydrogen (secondary N) is 1. The quantitative estimate of drug-likeness (QED) is 0.515. The fraction of sp³-hybridized carbons (Fsp3) is 0.100. The number of nitro benzene ring substituents is 1. The van der Waals surface area contributed by atoms with Crippen LogP contribution in [0.15, 0.2) is 35.1 Å². The molecular weight excluding hydrogens is 241 g/mol. The van der Waals surface area contributed by atoms with Gasteiger partial charge in [0.1, 0.15) is 5.82 Å². The first-order valence-electron chi connectivity index (χ1n) is 4.94. The van der Waals surface area contributed by atoms with Gasteiger partial charge in [-0.25, -0.2) is 9.38 Å². The van der Waals surface area contributed by atoms with Gasteiger partial charge in [0, 0.05) is 23.9 Å². The summed E-state index contributed by atoms with van der Waals surface area (Å²) in [5.41, 5.74) is 9.56. The van der Waals surface area contributed by atoms with Crippen molar-refractivity contribution >= 4 is 12.0 Å². The normalized spacial score (nSPS) is 22.2. The lowest BCUT2D eigenvalue weighted by Gasteiger charge is -2.28. The van der Waals surface area contributed by atoms with Gasteiger partial charge in [0.15, 0.2) is 5.66 Å². The maximum Gasteiger partial charge on any atom is 0.270 e. The van der Waals surface area contributed by atoms with Gasteiger partial charge in [-0.05, 0) is 6.07 Å². The third-order valence-electron chi connectivity index (χ3n) is 2.59. The van der Waals surface area contributed by atoms with E-state index >= 15 is 0 Å². The Hall–Kier alpha value is -2.48. The van der Waals surface area contributed by atoms with Crippen LogP contribution in [0.25, 0.3) is 0 Å². The van der Waals surface area contributed by atoms with Gasteiger partial charge >= 0.3 is 0 Å². The predicted molar refractivity (Wildman–Crippen MR) is 62.8 cm³/mol. The average Bonchev–Trinajstić information content (AvgIpc) is 2.33. The van der Waals surface area contributed by atoms with Gasteiger partial charge in [0.2, 0.25) is 0 Å². The maximum absolute atomic E-state index is 13.8. The molecule has 18 heavy (non-hydrogen) atoms. The van der Waals surface area contributed by atoms with E-state index in [1.54, 1.807) is 0 Å². The number of non-ortho nitro benzene ring substituents is 1. The predicted octanol–water partition coefficient (Wildman–Crippen LogP) is 0.277. The number of aliphatic imine (C=N–C) groups is 1. The van der Waals surface area contributed by atoms with Gasteiger partial charge in [-0.15, -0.1) is 0 Å². The minimum Gasteiger partial charge on any atom is -0.397 e. The number of hydrogen-bond donors (Lipinski definition) is 3. The summed E-state index contributed by atoms with van der Waals surface area (Å²) in [6.07, 6.45) is 2.60. The molecule has 8 heteroatoms. The van der Waals surface area contributed by atoms with Crippen LogP contribution in [0.4, 0.5) is 10.1 Å². The second-order valence-corrected chi connectivity index (χ2v) is 3.71. The first-order valence-corrected chi connectivity index (χ1v) is 4.94. The molecule has 1 aliphatic rings. The van der Waals surface area contributed by atoms with E-state index < -0.39 is 16.4 Å². The molecule has 0 saturated heterocycles. The number of rotatable bonds is 2. The molecule has 0 radical (unpaired) electrons. The zero-order valence-corrected chi connectivity index (χ0v) is 9.13. The molecule has 1 aromatic carbocycles. The van der Waals surface area contributed by atoms with Gasteiger partial charge in [-0.3, -0.25) is 15.8 Å². The van der Waals surface area contributed by atoms with Crippen molar-refractivity contribution < 1.29 is 9.31 Å². The van der Waals surface area contributed by atoms with Gasteiger partial charge in [-0.1, -0.05) is 0 Å². The second kappa shape index (κ2) is 4.08. The van der Waals surface area contributed by atoms with Crippen LogP contribution in [0.2, 0.25) is 0 Å². The van der Waals surface area contributed by atoms with Crippen LogP contribution in [-0.2, 0) is 5.66 Å². The Bertz CT molecular complexity index is 571. The summed E-state index contributed by atoms with van der Waals surface area (Å²) in [7, 11) is 0. The summed E-state index contributed by atoms with van der Waals surface area (Å²) < 4.78 is 13.8. The summed E-state index contributed by atoms with van der Waals surface area (Å²) in [6.45, 7) is 0. The lowest BCUT2D eigenvalue weighted by atomic mass is 9.96. The van der Waals surface area contributed by atoms with E-state index in [1.165, 1.54) is 12.5 Å². The van der Waals surface area contributed by atoms with Crippen molar-refractivity contribution in [3.8, 4) is 0 Å². The number of nitro groups is 1. The Labute approximate surface area is 101 Å². The standard InChI is InChI=1S/C10H10FN5O2/c11-8-2-1-6(16(17)18)3-7(8)10(13)9(12)4-14-5-15-10/h1-5H,12-13H2,(H,14,15). The molecule has 5 N–H and O–H groups in total. The van der Waals surface area contributed by atoms with Crippen molar-refractivity contribution in [2.45, 2.75) is 5.66 Å². The monoisotopic (exact) mass is 251 g/mol. The summed E-state index contributed by atoms with van der Waals surface area (Å²) in [5, 5.41) is 13.3. The lowest BCUT2D eigenvalue weighted by Crippen LogP contribution is -2.44. The first-order chi connectivity index (χ1) is 8.45. The van der Waals surface area contributed by atoms with Crippen molar-refractivity contribution in [2.75, 3.05) is 0 Å². The van der Waals surface area contributed by atoms with Crippen LogP contribution in [0.1, 0.15) is 5.56 Å². The zero-order chi connectivity index (χ0) is 13.3. The number of hydrogen-bond acceptors (Lipinski definition) is 6. The van der Waals surface area contributed by atoms with E-state index in [1.807, 2.05) is 0 Å². The van der Waals surface area contributed by atoms with Gasteiger partial charge in [0.25, 0.3) is 5.69 Å². The molecule has 0 spiro atoms. The van der Waals surface area contributed by atoms with Gasteiger partial charge in [0.05, 0.1) is 17.0 Å². The molecule has 0 fully saturated rings. The average molecular weight is 251 g/mol. The molecule has 2 rings (SSSR count). The summed E-state index contributed by atoms with van der Waals surface area (Å²) in [6, 6.07) is 3.04. The van der Waals surface area contributed by atoms with E-state index in [4.69, 9.17) is 11.5 Å². The van der Waals surface area contributed by atoms with Gasteiger partial charge in [-0.2, -0.15) is 0 Å². The van der Waals surface area contributed by atoms with Crippen LogP contribution in [0, 0.1) is 15.9 Å². The molecule has 94 valence electrons. The van der Waals surface area contributed by atoms with Crippen molar-refractivity contribution in [2.24, 2.45) is 16.5 Å². The minimum atomic E-state index is -1.64. The Morgan fingerprint density at radius 3 is 2.83 bits per heavy atom. The number of nitrogens with two attached hydrogens (primary N) is 2. The highest BCUT2D eigenvalue weighted by atomic mass is 19.1. The first kappa shape index (κ1) is 12.0. The molecule has 1 aliphatic heterocycles. The summed E-state index contributed by atoms with van der Waals surface area (Å²) in [4.78, 5) is 13.9. The largest absolute Gasteiger partial charge is 0.397 e. The molecule has 0 amide bonds. The minimum absolute atomic E-state index is 0.0596. The molecule has 1 heterocycles. The highest BCUT2D eigenvalue weighted by molar-refractivity contribution is 5.61. The third-order valence-corrected chi connectivity index (χ3v) is 2.59. The van der Waals surface area contributed by atoms with Crippen LogP contribution >= 0.6 is 0 Å². The van der Waals surface area contributed by atoms with Crippen LogP contribution < -0.4 is 16.8 Å². The number of halogens is 1. The molecular formula is C10H10FN5O2. The van der Waals surface area contributed by atoms with Crippen molar-refractivity contribution in [1.82, 2.24) is 5.32 Å². The second-order valence-electron chi connectivity index (χ2n) is 3.71. The van der Waals surface area contributed by atoms with E-state index in [0.717, 1.165) is 18.2 Å². The SMILES string of the molecule is NC1=CNC=NC1(N)c1cc([N+](=O)[O-])ccc1F. The van der Waals surface area contributed by atoms with Crippen molar-refractivity contribution in [1.29, 1.82) is 0 Å². The molecule has 1 atom stereocenters. The molecule has 1 unspecified atom stereocenters. The molecule has 0 bridgehead atoms. The van der Waals surface area contributed by atoms with E-state index in [0.29, 0.717) is 0 Å². The summed E-state index contributed by atoms with van der Waals surface area (Å²) in [5.74, 6) is -0.710. The number of nitrogens with zero attached hydrogens (tertiary/aromatic N) is 2. The van der Waals surface area contributed by atoms with Crippen LogP contribution in [-0.4, -0.2) is 11.3 Å². The highest BCUT2D eigenvalue weighted by Gasteiger charge is 2.35. The number of benzene rings is 1. The van der Waals surface area contributed by atoms with E-state index in [2.05, 4.69) is 10.3 Å². The molecule has 0 aromatic heterocycles. The third kappa shape index (κ3) is 1.78. The fourth-order valence-corrected chi connectivity index (χ4v) is 1.59. The molecule has 1 aromatic rings.